The molecule has 0 aliphatic rings. The zero-order chi connectivity index (χ0) is 13.5. The van der Waals surface area contributed by atoms with Crippen molar-refractivity contribution in [1.29, 1.82) is 5.26 Å². The van der Waals surface area contributed by atoms with Crippen LogP contribution in [-0.2, 0) is 9.53 Å². The van der Waals surface area contributed by atoms with Crippen molar-refractivity contribution in [1.82, 2.24) is 0 Å². The molecule has 0 fully saturated rings. The van der Waals surface area contributed by atoms with Crippen LogP contribution in [0.3, 0.4) is 0 Å². The Labute approximate surface area is 108 Å². The number of nitrogens with zero attached hydrogens (tertiary/aromatic N) is 1. The third kappa shape index (κ3) is 3.89. The van der Waals surface area contributed by atoms with E-state index >= 15 is 0 Å². The second kappa shape index (κ2) is 6.80. The molecule has 3 heteroatoms. The largest absolute Gasteiger partial charge is 0.466 e. The van der Waals surface area contributed by atoms with Crippen molar-refractivity contribution in [2.45, 2.75) is 39.0 Å². The van der Waals surface area contributed by atoms with Crippen molar-refractivity contribution >= 4 is 5.97 Å². The van der Waals surface area contributed by atoms with Crippen molar-refractivity contribution in [3.63, 3.8) is 0 Å². The maximum absolute atomic E-state index is 11.4. The lowest BCUT2D eigenvalue weighted by atomic mass is 9.94. The first kappa shape index (κ1) is 14.2. The van der Waals surface area contributed by atoms with Crippen LogP contribution in [0.1, 0.15) is 50.2 Å². The van der Waals surface area contributed by atoms with Crippen LogP contribution in [0.4, 0.5) is 0 Å². The summed E-state index contributed by atoms with van der Waals surface area (Å²) < 4.78 is 4.87. The molecule has 18 heavy (non-hydrogen) atoms. The molecule has 0 radical (unpaired) electrons. The summed E-state index contributed by atoms with van der Waals surface area (Å²) in [5.41, 5.74) is 2.10. The molecule has 0 amide bonds. The number of benzene rings is 1. The van der Waals surface area contributed by atoms with E-state index in [1.165, 1.54) is 5.56 Å². The Balaban J connectivity index is 2.77. The summed E-state index contributed by atoms with van der Waals surface area (Å²) in [4.78, 5) is 11.4. The monoisotopic (exact) mass is 245 g/mol. The minimum Gasteiger partial charge on any atom is -0.466 e. The van der Waals surface area contributed by atoms with Gasteiger partial charge < -0.3 is 4.74 Å². The molecule has 0 saturated heterocycles. The van der Waals surface area contributed by atoms with Gasteiger partial charge >= 0.3 is 5.97 Å². The number of ether oxygens (including phenoxy) is 1. The van der Waals surface area contributed by atoms with Crippen molar-refractivity contribution in [3.05, 3.63) is 35.4 Å². The molecule has 1 aromatic carbocycles. The Hall–Kier alpha value is -1.82. The van der Waals surface area contributed by atoms with Gasteiger partial charge in [0.25, 0.3) is 0 Å². The number of esters is 1. The van der Waals surface area contributed by atoms with Gasteiger partial charge in [-0.25, -0.2) is 0 Å². The first-order valence-electron chi connectivity index (χ1n) is 6.23. The average Bonchev–Trinajstić information content (AvgIpc) is 2.36. The van der Waals surface area contributed by atoms with Crippen LogP contribution in [0.5, 0.6) is 0 Å². The first-order valence-corrected chi connectivity index (χ1v) is 6.23. The van der Waals surface area contributed by atoms with E-state index in [0.29, 0.717) is 12.5 Å². The van der Waals surface area contributed by atoms with Gasteiger partial charge in [0.15, 0.2) is 0 Å². The normalized spacial score (nSPS) is 11.9. The summed E-state index contributed by atoms with van der Waals surface area (Å²) in [5.74, 6) is -0.285. The van der Waals surface area contributed by atoms with Crippen LogP contribution in [-0.4, -0.2) is 12.6 Å². The Morgan fingerprint density at radius 2 is 1.83 bits per heavy atom. The predicted octanol–water partition coefficient (Wildman–Crippen LogP) is 3.37. The summed E-state index contributed by atoms with van der Waals surface area (Å²) in [6.45, 7) is 6.35. The summed E-state index contributed by atoms with van der Waals surface area (Å²) in [6.07, 6.45) is 0.116. The van der Waals surface area contributed by atoms with Crippen LogP contribution < -0.4 is 0 Å². The van der Waals surface area contributed by atoms with E-state index in [2.05, 4.69) is 19.9 Å². The highest BCUT2D eigenvalue weighted by Gasteiger charge is 2.16. The van der Waals surface area contributed by atoms with Crippen LogP contribution in [0.25, 0.3) is 0 Å². The number of carbonyl (C=O) groups excluding carboxylic acids is 1. The third-order valence-electron chi connectivity index (χ3n) is 2.84. The van der Waals surface area contributed by atoms with Crippen molar-refractivity contribution in [2.75, 3.05) is 6.61 Å². The SMILES string of the molecule is CCOC(=O)C[C@@H](C#N)c1ccc(C(C)C)cc1. The lowest BCUT2D eigenvalue weighted by Gasteiger charge is -2.11. The molecular weight excluding hydrogens is 226 g/mol. The van der Waals surface area contributed by atoms with Gasteiger partial charge in [-0.05, 0) is 24.0 Å². The maximum atomic E-state index is 11.4. The van der Waals surface area contributed by atoms with E-state index in [1.807, 2.05) is 24.3 Å². The van der Waals surface area contributed by atoms with Crippen molar-refractivity contribution in [3.8, 4) is 6.07 Å². The fourth-order valence-electron chi connectivity index (χ4n) is 1.74. The van der Waals surface area contributed by atoms with Crippen molar-refractivity contribution in [2.24, 2.45) is 0 Å². The van der Waals surface area contributed by atoms with Gasteiger partial charge in [-0.3, -0.25) is 4.79 Å². The maximum Gasteiger partial charge on any atom is 0.307 e. The molecule has 0 aliphatic carbocycles. The van der Waals surface area contributed by atoms with E-state index in [0.717, 1.165) is 5.56 Å². The second-order valence-electron chi connectivity index (χ2n) is 4.51. The number of hydrogen-bond acceptors (Lipinski definition) is 3. The molecule has 0 aromatic heterocycles. The standard InChI is InChI=1S/C15H19NO2/c1-4-18-15(17)9-14(10-16)13-7-5-12(6-8-13)11(2)3/h5-8,11,14H,4,9H2,1-3H3/t14-/m0/s1. The van der Waals surface area contributed by atoms with Gasteiger partial charge in [0.1, 0.15) is 0 Å². The molecule has 0 spiro atoms. The molecule has 0 saturated carbocycles. The van der Waals surface area contributed by atoms with E-state index in [-0.39, 0.29) is 12.4 Å². The van der Waals surface area contributed by atoms with Crippen LogP contribution in [0.2, 0.25) is 0 Å². The Morgan fingerprint density at radius 1 is 1.28 bits per heavy atom. The third-order valence-corrected chi connectivity index (χ3v) is 2.84. The molecule has 0 unspecified atom stereocenters. The van der Waals surface area contributed by atoms with E-state index in [4.69, 9.17) is 10.00 Å². The molecule has 1 rings (SSSR count). The van der Waals surface area contributed by atoms with Gasteiger partial charge in [-0.15, -0.1) is 0 Å². The summed E-state index contributed by atoms with van der Waals surface area (Å²) in [7, 11) is 0. The van der Waals surface area contributed by atoms with Gasteiger partial charge in [0.05, 0.1) is 25.0 Å². The molecule has 0 heterocycles. The van der Waals surface area contributed by atoms with Gasteiger partial charge in [-0.2, -0.15) is 5.26 Å². The predicted molar refractivity (Wildman–Crippen MR) is 70.1 cm³/mol. The molecule has 0 N–H and O–H groups in total. The number of rotatable bonds is 5. The Morgan fingerprint density at radius 3 is 2.28 bits per heavy atom. The van der Waals surface area contributed by atoms with Gasteiger partial charge in [0, 0.05) is 0 Å². The van der Waals surface area contributed by atoms with Gasteiger partial charge in [-0.1, -0.05) is 38.1 Å². The van der Waals surface area contributed by atoms with Gasteiger partial charge in [0.2, 0.25) is 0 Å². The summed E-state index contributed by atoms with van der Waals surface area (Å²) >= 11 is 0. The average molecular weight is 245 g/mol. The Bertz CT molecular complexity index is 429. The second-order valence-corrected chi connectivity index (χ2v) is 4.51. The number of nitriles is 1. The summed E-state index contributed by atoms with van der Waals surface area (Å²) in [5, 5.41) is 9.12. The van der Waals surface area contributed by atoms with E-state index < -0.39 is 5.92 Å². The minimum atomic E-state index is -0.426. The minimum absolute atomic E-state index is 0.116. The highest BCUT2D eigenvalue weighted by atomic mass is 16.5. The lowest BCUT2D eigenvalue weighted by molar-refractivity contribution is -0.143. The number of carbonyl (C=O) groups is 1. The van der Waals surface area contributed by atoms with Crippen LogP contribution >= 0.6 is 0 Å². The number of hydrogen-bond donors (Lipinski definition) is 0. The lowest BCUT2D eigenvalue weighted by Crippen LogP contribution is -2.09. The molecule has 0 bridgehead atoms. The molecule has 3 nitrogen and oxygen atoms in total. The van der Waals surface area contributed by atoms with E-state index in [9.17, 15) is 4.79 Å². The highest BCUT2D eigenvalue weighted by molar-refractivity contribution is 5.71. The topological polar surface area (TPSA) is 50.1 Å². The zero-order valence-corrected chi connectivity index (χ0v) is 11.1. The quantitative estimate of drug-likeness (QED) is 0.747. The molecule has 1 atom stereocenters. The Kier molecular flexibility index (Phi) is 5.38. The fourth-order valence-corrected chi connectivity index (χ4v) is 1.74. The summed E-state index contributed by atoms with van der Waals surface area (Å²) in [6, 6.07) is 10.0. The molecule has 0 aliphatic heterocycles. The molecule has 96 valence electrons. The molecular formula is C15H19NO2. The van der Waals surface area contributed by atoms with E-state index in [1.54, 1.807) is 6.92 Å². The van der Waals surface area contributed by atoms with Crippen LogP contribution in [0, 0.1) is 11.3 Å². The zero-order valence-electron chi connectivity index (χ0n) is 11.1. The van der Waals surface area contributed by atoms with Crippen molar-refractivity contribution < 1.29 is 9.53 Å². The highest BCUT2D eigenvalue weighted by Crippen LogP contribution is 2.22. The smallest absolute Gasteiger partial charge is 0.307 e. The van der Waals surface area contributed by atoms with Crippen LogP contribution in [0.15, 0.2) is 24.3 Å². The molecule has 1 aromatic rings. The fraction of sp³-hybridized carbons (Fsp3) is 0.467. The first-order chi connectivity index (χ1) is 8.58.